The second-order valence-corrected chi connectivity index (χ2v) is 4.68. The van der Waals surface area contributed by atoms with E-state index < -0.39 is 0 Å². The number of rotatable bonds is 3. The minimum atomic E-state index is -0.0765. The zero-order valence-corrected chi connectivity index (χ0v) is 10.8. The highest BCUT2D eigenvalue weighted by atomic mass is 35.5. The van der Waals surface area contributed by atoms with E-state index in [9.17, 15) is 0 Å². The van der Waals surface area contributed by atoms with E-state index in [1.165, 1.54) is 0 Å². The molecule has 0 bridgehead atoms. The van der Waals surface area contributed by atoms with Crippen molar-refractivity contribution in [3.63, 3.8) is 0 Å². The average Bonchev–Trinajstić information content (AvgIpc) is 2.61. The maximum Gasteiger partial charge on any atom is 0.105 e. The summed E-state index contributed by atoms with van der Waals surface area (Å²) in [7, 11) is 0. The van der Waals surface area contributed by atoms with Gasteiger partial charge in [-0.15, -0.1) is 0 Å². The minimum absolute atomic E-state index is 0.0765. The van der Waals surface area contributed by atoms with E-state index in [1.807, 2.05) is 44.2 Å². The second-order valence-electron chi connectivity index (χ2n) is 4.27. The molecule has 90 valence electrons. The molecule has 1 heterocycles. The Hall–Kier alpha value is -1.25. The van der Waals surface area contributed by atoms with Crippen molar-refractivity contribution in [2.45, 2.75) is 26.3 Å². The summed E-state index contributed by atoms with van der Waals surface area (Å²) in [5, 5.41) is 0.765. The van der Waals surface area contributed by atoms with Crippen molar-refractivity contribution in [3.8, 4) is 0 Å². The molecule has 0 aliphatic carbocycles. The second kappa shape index (κ2) is 4.94. The van der Waals surface area contributed by atoms with Crippen LogP contribution in [0.1, 0.15) is 28.7 Å². The molecule has 3 heteroatoms. The van der Waals surface area contributed by atoms with Crippen molar-refractivity contribution in [2.24, 2.45) is 5.73 Å². The summed E-state index contributed by atoms with van der Waals surface area (Å²) >= 11 is 6.12. The van der Waals surface area contributed by atoms with Crippen LogP contribution in [0.25, 0.3) is 0 Å². The molecule has 0 aliphatic heterocycles. The number of benzene rings is 1. The lowest BCUT2D eigenvalue weighted by Gasteiger charge is -2.11. The quantitative estimate of drug-likeness (QED) is 0.899. The van der Waals surface area contributed by atoms with Gasteiger partial charge in [-0.2, -0.15) is 0 Å². The first-order chi connectivity index (χ1) is 8.08. The van der Waals surface area contributed by atoms with Crippen LogP contribution >= 0.6 is 11.6 Å². The Morgan fingerprint density at radius 3 is 2.59 bits per heavy atom. The Morgan fingerprint density at radius 2 is 2.00 bits per heavy atom. The Kier molecular flexibility index (Phi) is 3.55. The van der Waals surface area contributed by atoms with E-state index in [4.69, 9.17) is 21.8 Å². The minimum Gasteiger partial charge on any atom is -0.466 e. The van der Waals surface area contributed by atoms with Gasteiger partial charge in [0.25, 0.3) is 0 Å². The average molecular weight is 250 g/mol. The summed E-state index contributed by atoms with van der Waals surface area (Å²) in [4.78, 5) is 0. The van der Waals surface area contributed by atoms with Gasteiger partial charge in [-0.25, -0.2) is 0 Å². The SMILES string of the molecule is Cc1cc(C(N)Cc2ccccc2Cl)c(C)o1. The monoisotopic (exact) mass is 249 g/mol. The van der Waals surface area contributed by atoms with Gasteiger partial charge in [-0.3, -0.25) is 0 Å². The van der Waals surface area contributed by atoms with Crippen LogP contribution in [-0.4, -0.2) is 0 Å². The summed E-state index contributed by atoms with van der Waals surface area (Å²) in [6.07, 6.45) is 0.722. The largest absolute Gasteiger partial charge is 0.466 e. The number of halogens is 1. The fourth-order valence-electron chi connectivity index (χ4n) is 2.03. The predicted octanol–water partition coefficient (Wildman–Crippen LogP) is 3.79. The maximum atomic E-state index is 6.19. The van der Waals surface area contributed by atoms with Gasteiger partial charge in [0.1, 0.15) is 11.5 Å². The van der Waals surface area contributed by atoms with Crippen molar-refractivity contribution in [3.05, 3.63) is 58.0 Å². The van der Waals surface area contributed by atoms with Crippen molar-refractivity contribution in [2.75, 3.05) is 0 Å². The van der Waals surface area contributed by atoms with Crippen LogP contribution < -0.4 is 5.73 Å². The van der Waals surface area contributed by atoms with Gasteiger partial charge in [0, 0.05) is 16.6 Å². The predicted molar refractivity (Wildman–Crippen MR) is 70.3 cm³/mol. The maximum absolute atomic E-state index is 6.19. The number of furan rings is 1. The van der Waals surface area contributed by atoms with Crippen LogP contribution in [0.3, 0.4) is 0 Å². The molecular formula is C14H16ClNO. The summed E-state index contributed by atoms with van der Waals surface area (Å²) in [5.41, 5.74) is 8.32. The molecule has 0 saturated carbocycles. The third-order valence-electron chi connectivity index (χ3n) is 2.88. The normalized spacial score (nSPS) is 12.7. The lowest BCUT2D eigenvalue weighted by atomic mass is 10.00. The lowest BCUT2D eigenvalue weighted by molar-refractivity contribution is 0.497. The molecule has 2 rings (SSSR count). The fraction of sp³-hybridized carbons (Fsp3) is 0.286. The Balaban J connectivity index is 2.20. The zero-order valence-electron chi connectivity index (χ0n) is 10.0. The first kappa shape index (κ1) is 12.2. The molecule has 0 fully saturated rings. The van der Waals surface area contributed by atoms with Crippen molar-refractivity contribution in [1.29, 1.82) is 0 Å². The van der Waals surface area contributed by atoms with E-state index in [-0.39, 0.29) is 6.04 Å². The van der Waals surface area contributed by atoms with Crippen LogP contribution in [0.4, 0.5) is 0 Å². The van der Waals surface area contributed by atoms with Gasteiger partial charge < -0.3 is 10.2 Å². The van der Waals surface area contributed by atoms with E-state index in [0.717, 1.165) is 34.1 Å². The molecule has 2 aromatic rings. The van der Waals surface area contributed by atoms with E-state index in [0.29, 0.717) is 0 Å². The highest BCUT2D eigenvalue weighted by Gasteiger charge is 2.14. The van der Waals surface area contributed by atoms with E-state index >= 15 is 0 Å². The van der Waals surface area contributed by atoms with Gasteiger partial charge in [0.05, 0.1) is 0 Å². The molecule has 0 aliphatic rings. The Bertz CT molecular complexity index is 519. The zero-order chi connectivity index (χ0) is 12.4. The molecule has 0 amide bonds. The highest BCUT2D eigenvalue weighted by Crippen LogP contribution is 2.25. The summed E-state index contributed by atoms with van der Waals surface area (Å²) in [6, 6.07) is 9.71. The Labute approximate surface area is 106 Å². The van der Waals surface area contributed by atoms with Gasteiger partial charge in [-0.05, 0) is 38.0 Å². The molecule has 1 aromatic heterocycles. The van der Waals surface area contributed by atoms with Crippen LogP contribution in [-0.2, 0) is 6.42 Å². The third kappa shape index (κ3) is 2.71. The molecule has 1 aromatic carbocycles. The van der Waals surface area contributed by atoms with Crippen LogP contribution in [0.5, 0.6) is 0 Å². The van der Waals surface area contributed by atoms with Crippen LogP contribution in [0.15, 0.2) is 34.7 Å². The standard InChI is InChI=1S/C14H16ClNO/c1-9-7-12(10(2)17-9)14(16)8-11-5-3-4-6-13(11)15/h3-7,14H,8,16H2,1-2H3. The molecule has 1 unspecified atom stereocenters. The van der Waals surface area contributed by atoms with E-state index in [2.05, 4.69) is 0 Å². The van der Waals surface area contributed by atoms with Crippen molar-refractivity contribution < 1.29 is 4.42 Å². The van der Waals surface area contributed by atoms with Crippen molar-refractivity contribution >= 4 is 11.6 Å². The van der Waals surface area contributed by atoms with Crippen LogP contribution in [0.2, 0.25) is 5.02 Å². The van der Waals surface area contributed by atoms with Gasteiger partial charge in [0.2, 0.25) is 0 Å². The molecule has 0 radical (unpaired) electrons. The molecule has 17 heavy (non-hydrogen) atoms. The summed E-state index contributed by atoms with van der Waals surface area (Å²) in [6.45, 7) is 3.87. The first-order valence-corrected chi connectivity index (χ1v) is 6.01. The van der Waals surface area contributed by atoms with Gasteiger partial charge in [0.15, 0.2) is 0 Å². The topological polar surface area (TPSA) is 39.2 Å². The number of nitrogens with two attached hydrogens (primary N) is 1. The highest BCUT2D eigenvalue weighted by molar-refractivity contribution is 6.31. The van der Waals surface area contributed by atoms with E-state index in [1.54, 1.807) is 0 Å². The number of aryl methyl sites for hydroxylation is 2. The Morgan fingerprint density at radius 1 is 1.29 bits per heavy atom. The molecule has 2 N–H and O–H groups in total. The summed E-state index contributed by atoms with van der Waals surface area (Å²) in [5.74, 6) is 1.79. The fourth-order valence-corrected chi connectivity index (χ4v) is 2.24. The number of hydrogen-bond donors (Lipinski definition) is 1. The van der Waals surface area contributed by atoms with Gasteiger partial charge >= 0.3 is 0 Å². The smallest absolute Gasteiger partial charge is 0.105 e. The molecule has 2 nitrogen and oxygen atoms in total. The summed E-state index contributed by atoms with van der Waals surface area (Å²) < 4.78 is 5.49. The first-order valence-electron chi connectivity index (χ1n) is 5.64. The van der Waals surface area contributed by atoms with Gasteiger partial charge in [-0.1, -0.05) is 29.8 Å². The number of hydrogen-bond acceptors (Lipinski definition) is 2. The molecule has 1 atom stereocenters. The molecule has 0 spiro atoms. The lowest BCUT2D eigenvalue weighted by Crippen LogP contribution is -2.13. The van der Waals surface area contributed by atoms with Crippen molar-refractivity contribution in [1.82, 2.24) is 0 Å². The third-order valence-corrected chi connectivity index (χ3v) is 3.25. The van der Waals surface area contributed by atoms with Crippen LogP contribution in [0, 0.1) is 13.8 Å². The molecule has 0 saturated heterocycles. The molecular weight excluding hydrogens is 234 g/mol.